The number of piperazine rings is 1. The maximum absolute atomic E-state index is 13.5. The minimum absolute atomic E-state index is 0.152. The van der Waals surface area contributed by atoms with Crippen molar-refractivity contribution in [2.45, 2.75) is 38.8 Å². The van der Waals surface area contributed by atoms with Crippen LogP contribution in [0.2, 0.25) is 0 Å². The summed E-state index contributed by atoms with van der Waals surface area (Å²) >= 11 is 0. The fourth-order valence-corrected chi connectivity index (χ4v) is 5.21. The number of benzene rings is 1. The molecule has 4 aromatic rings. The van der Waals surface area contributed by atoms with Crippen LogP contribution in [0.4, 0.5) is 17.3 Å². The van der Waals surface area contributed by atoms with E-state index in [-0.39, 0.29) is 5.56 Å². The van der Waals surface area contributed by atoms with Gasteiger partial charge in [0.1, 0.15) is 11.0 Å². The molecule has 1 saturated heterocycles. The molecule has 10 nitrogen and oxygen atoms in total. The summed E-state index contributed by atoms with van der Waals surface area (Å²) in [5.74, 6) is 1.02. The number of rotatable bonds is 3. The smallest absolute Gasteiger partial charge is 0.278 e. The van der Waals surface area contributed by atoms with Gasteiger partial charge in [-0.3, -0.25) is 4.79 Å². The molecule has 0 spiro atoms. The first-order chi connectivity index (χ1) is 19.4. The maximum atomic E-state index is 13.5. The molecule has 1 aromatic carbocycles. The van der Waals surface area contributed by atoms with Gasteiger partial charge in [-0.15, -0.1) is 0 Å². The van der Waals surface area contributed by atoms with Gasteiger partial charge in [-0.1, -0.05) is 18.2 Å². The lowest BCUT2D eigenvalue weighted by Gasteiger charge is -2.34. The number of anilines is 3. The molecule has 5 heterocycles. The molecule has 0 radical (unpaired) electrons. The van der Waals surface area contributed by atoms with Crippen LogP contribution in [-0.2, 0) is 16.9 Å². The molecule has 2 aliphatic rings. The van der Waals surface area contributed by atoms with E-state index in [4.69, 9.17) is 14.7 Å². The Morgan fingerprint density at radius 3 is 2.58 bits per heavy atom. The highest BCUT2D eigenvalue weighted by molar-refractivity contribution is 5.77. The number of nitrogens with one attached hydrogen (secondary N) is 1. The Morgan fingerprint density at radius 1 is 0.975 bits per heavy atom. The normalized spacial score (nSPS) is 18.8. The molecule has 0 amide bonds. The second-order valence-electron chi connectivity index (χ2n) is 10.9. The van der Waals surface area contributed by atoms with Gasteiger partial charge in [-0.05, 0) is 70.1 Å². The predicted molar refractivity (Wildman–Crippen MR) is 158 cm³/mol. The van der Waals surface area contributed by atoms with Gasteiger partial charge in [0.05, 0.1) is 12.2 Å². The Kier molecular flexibility index (Phi) is 7.12. The monoisotopic (exact) mass is 540 g/mol. The van der Waals surface area contributed by atoms with Gasteiger partial charge in [-0.2, -0.15) is 4.98 Å². The number of hydrogen-bond donors (Lipinski definition) is 1. The molecule has 6 rings (SSSR count). The topological polar surface area (TPSA) is 93.3 Å². The molecular weight excluding hydrogens is 504 g/mol. The summed E-state index contributed by atoms with van der Waals surface area (Å²) in [4.78, 5) is 32.5. The summed E-state index contributed by atoms with van der Waals surface area (Å²) < 4.78 is 9.65. The molecule has 0 aliphatic carbocycles. The molecule has 1 fully saturated rings. The molecule has 40 heavy (non-hydrogen) atoms. The van der Waals surface area contributed by atoms with Crippen LogP contribution in [0.25, 0.3) is 16.9 Å². The Bertz CT molecular complexity index is 1580. The van der Waals surface area contributed by atoms with Crippen LogP contribution in [-0.4, -0.2) is 69.0 Å². The highest BCUT2D eigenvalue weighted by atomic mass is 16.5. The molecule has 0 saturated carbocycles. The van der Waals surface area contributed by atoms with Gasteiger partial charge in [0.15, 0.2) is 11.5 Å². The largest absolute Gasteiger partial charge is 0.369 e. The molecule has 3 aromatic heterocycles. The van der Waals surface area contributed by atoms with Crippen LogP contribution in [0, 0.1) is 0 Å². The van der Waals surface area contributed by atoms with Gasteiger partial charge < -0.3 is 19.9 Å². The summed E-state index contributed by atoms with van der Waals surface area (Å²) in [5, 5.41) is 3.76. The molecule has 0 unspecified atom stereocenters. The van der Waals surface area contributed by atoms with Crippen molar-refractivity contribution in [3.05, 3.63) is 76.9 Å². The Labute approximate surface area is 233 Å². The van der Waals surface area contributed by atoms with Gasteiger partial charge >= 0.3 is 0 Å². The first-order valence-corrected chi connectivity index (χ1v) is 13.9. The molecule has 208 valence electrons. The number of fused-ring (bicyclic) bond motifs is 6. The SMILES string of the molecule is CN1CCN(c2ccc(Nc3ncc4c(=O)n5n(c4n3)-c3cccc(n3)C(C)(C)OCCC/C=C/C5)cc2)CC1. The van der Waals surface area contributed by atoms with E-state index in [2.05, 4.69) is 45.4 Å². The Morgan fingerprint density at radius 2 is 1.77 bits per heavy atom. The van der Waals surface area contributed by atoms with Crippen LogP contribution < -0.4 is 15.8 Å². The molecule has 10 heteroatoms. The summed E-state index contributed by atoms with van der Waals surface area (Å²) in [6, 6.07) is 14.1. The van der Waals surface area contributed by atoms with Gasteiger partial charge in [0, 0.05) is 50.4 Å². The van der Waals surface area contributed by atoms with Crippen molar-refractivity contribution >= 4 is 28.4 Å². The molecule has 2 aliphatic heterocycles. The number of allylic oxidation sites excluding steroid dienone is 2. The van der Waals surface area contributed by atoms with E-state index >= 15 is 0 Å². The fourth-order valence-electron chi connectivity index (χ4n) is 5.21. The number of pyridine rings is 1. The highest BCUT2D eigenvalue weighted by Crippen LogP contribution is 2.26. The van der Waals surface area contributed by atoms with E-state index in [1.807, 2.05) is 50.3 Å². The third kappa shape index (κ3) is 5.24. The zero-order valence-electron chi connectivity index (χ0n) is 23.4. The van der Waals surface area contributed by atoms with Crippen LogP contribution in [0.15, 0.2) is 65.6 Å². The summed E-state index contributed by atoms with van der Waals surface area (Å²) in [7, 11) is 2.16. The number of hydrogen-bond acceptors (Lipinski definition) is 8. The lowest BCUT2D eigenvalue weighted by Crippen LogP contribution is -2.44. The van der Waals surface area contributed by atoms with E-state index in [0.29, 0.717) is 36.0 Å². The lowest BCUT2D eigenvalue weighted by molar-refractivity contribution is -0.0255. The molecule has 2 bridgehead atoms. The van der Waals surface area contributed by atoms with Crippen LogP contribution >= 0.6 is 0 Å². The van der Waals surface area contributed by atoms with E-state index in [9.17, 15) is 4.79 Å². The Hall–Kier alpha value is -4.02. The van der Waals surface area contributed by atoms with Crippen molar-refractivity contribution in [1.82, 2.24) is 29.2 Å². The lowest BCUT2D eigenvalue weighted by atomic mass is 10.0. The van der Waals surface area contributed by atoms with Crippen molar-refractivity contribution < 1.29 is 4.74 Å². The van der Waals surface area contributed by atoms with Crippen molar-refractivity contribution in [3.8, 4) is 5.82 Å². The maximum Gasteiger partial charge on any atom is 0.278 e. The summed E-state index contributed by atoms with van der Waals surface area (Å²) in [6.45, 7) is 9.25. The summed E-state index contributed by atoms with van der Waals surface area (Å²) in [5.41, 5.74) is 2.66. The van der Waals surface area contributed by atoms with Crippen molar-refractivity contribution in [2.24, 2.45) is 0 Å². The minimum Gasteiger partial charge on any atom is -0.369 e. The zero-order chi connectivity index (χ0) is 27.7. The predicted octanol–water partition coefficient (Wildman–Crippen LogP) is 4.07. The highest BCUT2D eigenvalue weighted by Gasteiger charge is 2.25. The van der Waals surface area contributed by atoms with E-state index in [1.54, 1.807) is 15.6 Å². The third-order valence-corrected chi connectivity index (χ3v) is 7.66. The quantitative estimate of drug-likeness (QED) is 0.389. The first kappa shape index (κ1) is 26.2. The number of likely N-dealkylation sites (N-methyl/N-ethyl adjacent to an activating group) is 1. The number of nitrogens with zero attached hydrogens (tertiary/aromatic N) is 7. The average molecular weight is 541 g/mol. The number of aromatic nitrogens is 5. The van der Waals surface area contributed by atoms with Crippen molar-refractivity contribution in [1.29, 1.82) is 0 Å². The first-order valence-electron chi connectivity index (χ1n) is 13.9. The second-order valence-corrected chi connectivity index (χ2v) is 10.9. The van der Waals surface area contributed by atoms with Gasteiger partial charge in [0.25, 0.3) is 5.56 Å². The Balaban J connectivity index is 1.37. The zero-order valence-corrected chi connectivity index (χ0v) is 23.4. The van der Waals surface area contributed by atoms with Gasteiger partial charge in [0.2, 0.25) is 5.95 Å². The molecule has 0 atom stereocenters. The van der Waals surface area contributed by atoms with Crippen LogP contribution in [0.3, 0.4) is 0 Å². The minimum atomic E-state index is -0.570. The van der Waals surface area contributed by atoms with Crippen molar-refractivity contribution in [2.75, 3.05) is 50.1 Å². The van der Waals surface area contributed by atoms with E-state index in [0.717, 1.165) is 50.4 Å². The van der Waals surface area contributed by atoms with Crippen molar-refractivity contribution in [3.63, 3.8) is 0 Å². The van der Waals surface area contributed by atoms with Crippen LogP contribution in [0.1, 0.15) is 32.4 Å². The number of ether oxygens (including phenoxy) is 1. The van der Waals surface area contributed by atoms with E-state index in [1.165, 1.54) is 5.69 Å². The molecule has 1 N–H and O–H groups in total. The van der Waals surface area contributed by atoms with E-state index < -0.39 is 5.60 Å². The fraction of sp³-hybridized carbons (Fsp3) is 0.400. The van der Waals surface area contributed by atoms with Gasteiger partial charge in [-0.25, -0.2) is 19.3 Å². The third-order valence-electron chi connectivity index (χ3n) is 7.66. The van der Waals surface area contributed by atoms with Crippen LogP contribution in [0.5, 0.6) is 0 Å². The second kappa shape index (κ2) is 10.9. The average Bonchev–Trinajstić information content (AvgIpc) is 3.23. The molecular formula is C30H36N8O2. The summed E-state index contributed by atoms with van der Waals surface area (Å²) in [6.07, 6.45) is 7.47. The standard InChI is InChI=1S/C30H36N8O2/c1-30(2)25-9-8-10-26(33-25)38-27-24(28(39)37(38)15-6-4-5-7-20-40-30)21-31-29(34-27)32-22-11-13-23(14-12-22)36-18-16-35(3)17-19-36/h4,6,8-14,21H,5,7,15-20H2,1-3H3,(H,31,32,34)/b6-4+.